The molecule has 3 aromatic carbocycles. The Bertz CT molecular complexity index is 1080. The van der Waals surface area contributed by atoms with Crippen LogP contribution < -0.4 is 4.90 Å². The van der Waals surface area contributed by atoms with E-state index in [1.807, 2.05) is 18.5 Å². The molecule has 0 N–H and O–H groups in total. The van der Waals surface area contributed by atoms with Gasteiger partial charge < -0.3 is 4.90 Å². The Balaban J connectivity index is 1.62. The van der Waals surface area contributed by atoms with E-state index in [-0.39, 0.29) is 0 Å². The number of unbranched alkanes of at least 4 members (excludes halogenated alkanes) is 4. The molecule has 2 nitrogen and oxygen atoms in total. The van der Waals surface area contributed by atoms with Crippen molar-refractivity contribution in [3.63, 3.8) is 0 Å². The minimum absolute atomic E-state index is 1.14. The maximum Gasteiger partial charge on any atom is 0.0462 e. The summed E-state index contributed by atoms with van der Waals surface area (Å²) in [7, 11) is 0. The molecule has 0 radical (unpaired) electrons. The molecule has 0 amide bonds. The van der Waals surface area contributed by atoms with Gasteiger partial charge in [0.1, 0.15) is 0 Å². The third-order valence-electron chi connectivity index (χ3n) is 6.65. The highest BCUT2D eigenvalue weighted by molar-refractivity contribution is 5.78. The summed E-state index contributed by atoms with van der Waals surface area (Å²) in [4.78, 5) is 6.63. The van der Waals surface area contributed by atoms with E-state index in [0.717, 1.165) is 24.1 Å². The van der Waals surface area contributed by atoms with Crippen LogP contribution in [-0.2, 0) is 12.8 Å². The Hall–Kier alpha value is -3.39. The highest BCUT2D eigenvalue weighted by Gasteiger charge is 2.13. The van der Waals surface area contributed by atoms with Crippen molar-refractivity contribution in [2.24, 2.45) is 0 Å². The van der Waals surface area contributed by atoms with Crippen molar-refractivity contribution in [3.8, 4) is 11.1 Å². The molecule has 0 saturated heterocycles. The van der Waals surface area contributed by atoms with Gasteiger partial charge in [-0.05, 0) is 90.4 Å². The third kappa shape index (κ3) is 6.82. The zero-order chi connectivity index (χ0) is 24.3. The zero-order valence-corrected chi connectivity index (χ0v) is 21.3. The summed E-state index contributed by atoms with van der Waals surface area (Å²) < 4.78 is 0. The molecule has 0 bridgehead atoms. The minimum atomic E-state index is 1.14. The number of anilines is 3. The Morgan fingerprint density at radius 1 is 0.543 bits per heavy atom. The van der Waals surface area contributed by atoms with Crippen LogP contribution in [0.1, 0.15) is 63.5 Å². The highest BCUT2D eigenvalue weighted by Crippen LogP contribution is 2.36. The van der Waals surface area contributed by atoms with E-state index in [1.165, 1.54) is 66.6 Å². The lowest BCUT2D eigenvalue weighted by atomic mass is 10.0. The first-order valence-corrected chi connectivity index (χ1v) is 13.3. The lowest BCUT2D eigenvalue weighted by Crippen LogP contribution is -2.10. The van der Waals surface area contributed by atoms with Crippen molar-refractivity contribution >= 4 is 17.1 Å². The van der Waals surface area contributed by atoms with Gasteiger partial charge in [0.05, 0.1) is 0 Å². The molecule has 2 heteroatoms. The molecule has 180 valence electrons. The van der Waals surface area contributed by atoms with Crippen molar-refractivity contribution < 1.29 is 0 Å². The highest BCUT2D eigenvalue weighted by atomic mass is 15.1. The van der Waals surface area contributed by atoms with Crippen LogP contribution in [0.15, 0.2) is 97.3 Å². The number of rotatable bonds is 12. The summed E-state index contributed by atoms with van der Waals surface area (Å²) in [5.74, 6) is 0. The molecule has 35 heavy (non-hydrogen) atoms. The fourth-order valence-corrected chi connectivity index (χ4v) is 4.57. The molecule has 0 aliphatic carbocycles. The monoisotopic (exact) mass is 462 g/mol. The lowest BCUT2D eigenvalue weighted by Gasteiger charge is -2.26. The summed E-state index contributed by atoms with van der Waals surface area (Å²) in [6.45, 7) is 4.52. The summed E-state index contributed by atoms with van der Waals surface area (Å²) >= 11 is 0. The largest absolute Gasteiger partial charge is 0.311 e. The Morgan fingerprint density at radius 3 is 1.46 bits per heavy atom. The van der Waals surface area contributed by atoms with Gasteiger partial charge in [0.15, 0.2) is 0 Å². The molecule has 4 rings (SSSR count). The van der Waals surface area contributed by atoms with Crippen LogP contribution in [0.25, 0.3) is 11.1 Å². The third-order valence-corrected chi connectivity index (χ3v) is 6.65. The first-order valence-electron chi connectivity index (χ1n) is 13.3. The van der Waals surface area contributed by atoms with Gasteiger partial charge in [-0.2, -0.15) is 0 Å². The van der Waals surface area contributed by atoms with Gasteiger partial charge in [-0.15, -0.1) is 0 Å². The molecule has 0 saturated carbocycles. The first-order chi connectivity index (χ1) is 17.3. The summed E-state index contributed by atoms with van der Waals surface area (Å²) in [6.07, 6.45) is 13.7. The van der Waals surface area contributed by atoms with Gasteiger partial charge in [-0.1, -0.05) is 82.0 Å². The van der Waals surface area contributed by atoms with Crippen LogP contribution in [0.3, 0.4) is 0 Å². The zero-order valence-electron chi connectivity index (χ0n) is 21.3. The SMILES string of the molecule is CCCCCc1ccc(N(c2ccc(CCCCC)cc2)c2ccc(-c3cccnc3)cc2)cc1. The maximum atomic E-state index is 4.27. The number of aryl methyl sites for hydroxylation is 2. The van der Waals surface area contributed by atoms with E-state index in [2.05, 4.69) is 103 Å². The Morgan fingerprint density at radius 2 is 1.03 bits per heavy atom. The van der Waals surface area contributed by atoms with Gasteiger partial charge in [-0.25, -0.2) is 0 Å². The topological polar surface area (TPSA) is 16.1 Å². The predicted molar refractivity (Wildman–Crippen MR) is 151 cm³/mol. The molecule has 0 aliphatic rings. The number of aromatic nitrogens is 1. The molecule has 1 heterocycles. The number of hydrogen-bond donors (Lipinski definition) is 0. The van der Waals surface area contributed by atoms with E-state index in [0.29, 0.717) is 0 Å². The van der Waals surface area contributed by atoms with Crippen LogP contribution in [0.5, 0.6) is 0 Å². The van der Waals surface area contributed by atoms with Gasteiger partial charge in [0.2, 0.25) is 0 Å². The van der Waals surface area contributed by atoms with Gasteiger partial charge >= 0.3 is 0 Å². The van der Waals surface area contributed by atoms with Gasteiger partial charge in [-0.3, -0.25) is 4.98 Å². The van der Waals surface area contributed by atoms with Crippen molar-refractivity contribution in [3.05, 3.63) is 108 Å². The van der Waals surface area contributed by atoms with Crippen LogP contribution in [0.2, 0.25) is 0 Å². The standard InChI is InChI=1S/C33H38N2/c1-3-5-7-10-27-13-19-31(20-14-27)35(32-21-15-28(16-22-32)11-8-6-4-2)33-23-17-29(18-24-33)30-12-9-25-34-26-30/h9,12-26H,3-8,10-11H2,1-2H3. The normalized spacial score (nSPS) is 10.9. The van der Waals surface area contributed by atoms with Crippen molar-refractivity contribution in [2.75, 3.05) is 4.90 Å². The van der Waals surface area contributed by atoms with Crippen LogP contribution in [0.4, 0.5) is 17.1 Å². The van der Waals surface area contributed by atoms with E-state index in [4.69, 9.17) is 0 Å². The molecule has 0 spiro atoms. The fourth-order valence-electron chi connectivity index (χ4n) is 4.57. The minimum Gasteiger partial charge on any atom is -0.311 e. The maximum absolute atomic E-state index is 4.27. The molecule has 1 aromatic heterocycles. The quantitative estimate of drug-likeness (QED) is 0.195. The molecule has 0 atom stereocenters. The van der Waals surface area contributed by atoms with Crippen LogP contribution in [-0.4, -0.2) is 4.98 Å². The lowest BCUT2D eigenvalue weighted by molar-refractivity contribution is 0.717. The average Bonchev–Trinajstić information content (AvgIpc) is 2.92. The summed E-state index contributed by atoms with van der Waals surface area (Å²) in [6, 6.07) is 31.2. The second-order valence-corrected chi connectivity index (χ2v) is 9.37. The molecule has 4 aromatic rings. The number of pyridine rings is 1. The molecular weight excluding hydrogens is 424 g/mol. The molecule has 0 aliphatic heterocycles. The summed E-state index contributed by atoms with van der Waals surface area (Å²) in [5.41, 5.74) is 8.70. The second kappa shape index (κ2) is 12.9. The molecule has 0 fully saturated rings. The molecule has 0 unspecified atom stereocenters. The predicted octanol–water partition coefficient (Wildman–Crippen LogP) is 9.68. The molecular formula is C33H38N2. The van der Waals surface area contributed by atoms with E-state index in [9.17, 15) is 0 Å². The van der Waals surface area contributed by atoms with Crippen LogP contribution in [0, 0.1) is 0 Å². The summed E-state index contributed by atoms with van der Waals surface area (Å²) in [5, 5.41) is 0. The van der Waals surface area contributed by atoms with E-state index >= 15 is 0 Å². The van der Waals surface area contributed by atoms with E-state index in [1.54, 1.807) is 0 Å². The smallest absolute Gasteiger partial charge is 0.0462 e. The first kappa shape index (κ1) is 24.7. The van der Waals surface area contributed by atoms with Gasteiger partial charge in [0, 0.05) is 29.5 Å². The second-order valence-electron chi connectivity index (χ2n) is 9.37. The fraction of sp³-hybridized carbons (Fsp3) is 0.303. The van der Waals surface area contributed by atoms with Crippen molar-refractivity contribution in [1.82, 2.24) is 4.98 Å². The number of nitrogens with zero attached hydrogens (tertiary/aromatic N) is 2. The van der Waals surface area contributed by atoms with E-state index < -0.39 is 0 Å². The Labute approximate surface area is 211 Å². The van der Waals surface area contributed by atoms with Crippen LogP contribution >= 0.6 is 0 Å². The number of hydrogen-bond acceptors (Lipinski definition) is 2. The number of benzene rings is 3. The van der Waals surface area contributed by atoms with Crippen molar-refractivity contribution in [2.45, 2.75) is 65.2 Å². The van der Waals surface area contributed by atoms with Crippen molar-refractivity contribution in [1.29, 1.82) is 0 Å². The van der Waals surface area contributed by atoms with Gasteiger partial charge in [0.25, 0.3) is 0 Å². The average molecular weight is 463 g/mol. The Kier molecular flexibility index (Phi) is 9.11.